The molecule has 0 spiro atoms. The second-order valence-corrected chi connectivity index (χ2v) is 6.57. The van der Waals surface area contributed by atoms with Crippen molar-refractivity contribution in [2.24, 2.45) is 4.99 Å². The summed E-state index contributed by atoms with van der Waals surface area (Å²) in [6.45, 7) is 0.927. The molecule has 0 atom stereocenters. The van der Waals surface area contributed by atoms with Gasteiger partial charge in [0.1, 0.15) is 9.96 Å². The van der Waals surface area contributed by atoms with Crippen LogP contribution in [0.3, 0.4) is 0 Å². The molecule has 0 unspecified atom stereocenters. The molecule has 0 radical (unpaired) electrons. The zero-order valence-electron chi connectivity index (χ0n) is 10.9. The van der Waals surface area contributed by atoms with E-state index < -0.39 is 5.97 Å². The van der Waals surface area contributed by atoms with E-state index in [1.165, 1.54) is 12.7 Å². The molecule has 2 heterocycles. The second kappa shape index (κ2) is 5.93. The number of ether oxygens (including phenoxy) is 1. The van der Waals surface area contributed by atoms with Crippen molar-refractivity contribution in [2.75, 3.05) is 19.4 Å². The molecule has 1 aromatic heterocycles. The molecular formula is C14H13NO3S2. The first-order chi connectivity index (χ1) is 9.76. The van der Waals surface area contributed by atoms with E-state index in [9.17, 15) is 4.79 Å². The lowest BCUT2D eigenvalue weighted by molar-refractivity contribution is 0.0567. The van der Waals surface area contributed by atoms with Gasteiger partial charge in [-0.3, -0.25) is 4.99 Å². The topological polar surface area (TPSA) is 51.8 Å². The fourth-order valence-electron chi connectivity index (χ4n) is 1.93. The minimum absolute atomic E-state index is 0.239. The molecule has 0 fully saturated rings. The summed E-state index contributed by atoms with van der Waals surface area (Å²) in [4.78, 5) is 15.8. The predicted molar refractivity (Wildman–Crippen MR) is 83.6 cm³/mol. The summed E-state index contributed by atoms with van der Waals surface area (Å²) < 4.78 is 11.3. The smallest absolute Gasteiger partial charge is 0.373 e. The van der Waals surface area contributed by atoms with Crippen LogP contribution in [0.2, 0.25) is 0 Å². The molecule has 3 rings (SSSR count). The highest BCUT2D eigenvalue weighted by Crippen LogP contribution is 2.27. The van der Waals surface area contributed by atoms with Gasteiger partial charge >= 0.3 is 5.97 Å². The third-order valence-electron chi connectivity index (χ3n) is 2.89. The van der Waals surface area contributed by atoms with E-state index in [0.717, 1.165) is 27.8 Å². The summed E-state index contributed by atoms with van der Waals surface area (Å²) in [5.74, 6) is 1.75. The molecule has 1 aliphatic rings. The molecular weight excluding hydrogens is 294 g/mol. The first kappa shape index (κ1) is 13.6. The van der Waals surface area contributed by atoms with Gasteiger partial charge in [0.15, 0.2) is 0 Å². The lowest BCUT2D eigenvalue weighted by Gasteiger charge is -2.00. The van der Waals surface area contributed by atoms with Gasteiger partial charge in [0.2, 0.25) is 5.76 Å². The second-order valence-electron chi connectivity index (χ2n) is 4.26. The molecule has 4 nitrogen and oxygen atoms in total. The Morgan fingerprint density at radius 2 is 2.40 bits per heavy atom. The number of rotatable bonds is 3. The maximum absolute atomic E-state index is 11.4. The van der Waals surface area contributed by atoms with Crippen LogP contribution in [0.4, 0.5) is 0 Å². The van der Waals surface area contributed by atoms with Crippen LogP contribution in [0.5, 0.6) is 0 Å². The SMILES string of the molecule is COC(=O)c1cc2cc(CSC3=NCCS3)ccc2o1. The lowest BCUT2D eigenvalue weighted by atomic mass is 10.2. The van der Waals surface area contributed by atoms with Gasteiger partial charge in [0.25, 0.3) is 0 Å². The van der Waals surface area contributed by atoms with Gasteiger partial charge < -0.3 is 9.15 Å². The number of nitrogens with zero attached hydrogens (tertiary/aromatic N) is 1. The minimum Gasteiger partial charge on any atom is -0.463 e. The number of benzene rings is 1. The van der Waals surface area contributed by atoms with E-state index in [4.69, 9.17) is 4.42 Å². The lowest BCUT2D eigenvalue weighted by Crippen LogP contribution is -1.97. The molecule has 1 aliphatic heterocycles. The van der Waals surface area contributed by atoms with E-state index in [-0.39, 0.29) is 5.76 Å². The van der Waals surface area contributed by atoms with Crippen LogP contribution in [0.25, 0.3) is 11.0 Å². The zero-order chi connectivity index (χ0) is 13.9. The van der Waals surface area contributed by atoms with Crippen molar-refractivity contribution in [3.8, 4) is 0 Å². The van der Waals surface area contributed by atoms with Crippen LogP contribution in [0.15, 0.2) is 33.7 Å². The monoisotopic (exact) mass is 307 g/mol. The van der Waals surface area contributed by atoms with E-state index in [1.54, 1.807) is 17.8 Å². The van der Waals surface area contributed by atoms with Crippen molar-refractivity contribution in [1.29, 1.82) is 0 Å². The number of carbonyl (C=O) groups is 1. The van der Waals surface area contributed by atoms with Crippen molar-refractivity contribution < 1.29 is 13.9 Å². The number of hydrogen-bond acceptors (Lipinski definition) is 6. The van der Waals surface area contributed by atoms with Gasteiger partial charge in [0, 0.05) is 16.9 Å². The molecule has 2 aromatic rings. The highest BCUT2D eigenvalue weighted by atomic mass is 32.2. The first-order valence-electron chi connectivity index (χ1n) is 6.17. The average Bonchev–Trinajstić information content (AvgIpc) is 3.12. The Kier molecular flexibility index (Phi) is 4.03. The average molecular weight is 307 g/mol. The Morgan fingerprint density at radius 1 is 1.50 bits per heavy atom. The molecule has 0 N–H and O–H groups in total. The highest BCUT2D eigenvalue weighted by molar-refractivity contribution is 8.38. The van der Waals surface area contributed by atoms with Gasteiger partial charge in [-0.1, -0.05) is 29.6 Å². The van der Waals surface area contributed by atoms with Crippen molar-refractivity contribution in [1.82, 2.24) is 0 Å². The first-order valence-corrected chi connectivity index (χ1v) is 8.14. The molecule has 20 heavy (non-hydrogen) atoms. The summed E-state index contributed by atoms with van der Waals surface area (Å²) in [6.07, 6.45) is 0. The van der Waals surface area contributed by atoms with Crippen LogP contribution in [-0.4, -0.2) is 29.8 Å². The van der Waals surface area contributed by atoms with Crippen LogP contribution >= 0.6 is 23.5 Å². The molecule has 1 aromatic carbocycles. The number of furan rings is 1. The van der Waals surface area contributed by atoms with Crippen molar-refractivity contribution in [3.05, 3.63) is 35.6 Å². The third-order valence-corrected chi connectivity index (χ3v) is 5.21. The number of fused-ring (bicyclic) bond motifs is 1. The van der Waals surface area contributed by atoms with Gasteiger partial charge in [-0.25, -0.2) is 4.79 Å². The standard InChI is InChI=1S/C14H13NO3S2/c1-17-13(16)12-7-10-6-9(2-3-11(10)18-12)8-20-14-15-4-5-19-14/h2-3,6-7H,4-5,8H2,1H3. The van der Waals surface area contributed by atoms with E-state index in [2.05, 4.69) is 9.73 Å². The largest absolute Gasteiger partial charge is 0.463 e. The summed E-state index contributed by atoms with van der Waals surface area (Å²) in [7, 11) is 1.34. The van der Waals surface area contributed by atoms with Crippen LogP contribution in [0.1, 0.15) is 16.1 Å². The number of thioether (sulfide) groups is 2. The van der Waals surface area contributed by atoms with E-state index in [1.807, 2.05) is 30.0 Å². The fourth-order valence-corrected chi connectivity index (χ4v) is 3.88. The van der Waals surface area contributed by atoms with E-state index >= 15 is 0 Å². The Morgan fingerprint density at radius 3 is 3.15 bits per heavy atom. The Hall–Kier alpha value is -1.40. The van der Waals surface area contributed by atoms with Crippen molar-refractivity contribution >= 4 is 44.8 Å². The number of hydrogen-bond donors (Lipinski definition) is 0. The van der Waals surface area contributed by atoms with Gasteiger partial charge in [-0.2, -0.15) is 0 Å². The van der Waals surface area contributed by atoms with Crippen LogP contribution in [0, 0.1) is 0 Å². The molecule has 104 valence electrons. The molecule has 0 amide bonds. The maximum Gasteiger partial charge on any atom is 0.373 e. The van der Waals surface area contributed by atoms with Crippen LogP contribution in [-0.2, 0) is 10.5 Å². The predicted octanol–water partition coefficient (Wildman–Crippen LogP) is 3.56. The number of carbonyl (C=O) groups excluding carboxylic acids is 1. The number of esters is 1. The van der Waals surface area contributed by atoms with Crippen molar-refractivity contribution in [3.63, 3.8) is 0 Å². The fraction of sp³-hybridized carbons (Fsp3) is 0.286. The summed E-state index contributed by atoms with van der Waals surface area (Å²) >= 11 is 3.56. The molecule has 0 saturated heterocycles. The quantitative estimate of drug-likeness (QED) is 0.812. The Bertz CT molecular complexity index is 678. The highest BCUT2D eigenvalue weighted by Gasteiger charge is 2.13. The van der Waals surface area contributed by atoms with Gasteiger partial charge in [0.05, 0.1) is 13.7 Å². The Balaban J connectivity index is 1.77. The summed E-state index contributed by atoms with van der Waals surface area (Å²) in [5, 5.41) is 0.921. The van der Waals surface area contributed by atoms with Gasteiger partial charge in [-0.15, -0.1) is 0 Å². The maximum atomic E-state index is 11.4. The third kappa shape index (κ3) is 2.86. The van der Waals surface area contributed by atoms with Gasteiger partial charge in [-0.05, 0) is 23.8 Å². The summed E-state index contributed by atoms with van der Waals surface area (Å²) in [6, 6.07) is 7.66. The number of methoxy groups -OCH3 is 1. The minimum atomic E-state index is -0.450. The molecule has 0 saturated carbocycles. The normalized spacial score (nSPS) is 14.6. The molecule has 0 bridgehead atoms. The molecule has 0 aliphatic carbocycles. The van der Waals surface area contributed by atoms with Crippen LogP contribution < -0.4 is 0 Å². The summed E-state index contributed by atoms with van der Waals surface area (Å²) in [5.41, 5.74) is 1.89. The Labute approximate surface area is 125 Å². The zero-order valence-corrected chi connectivity index (χ0v) is 12.6. The van der Waals surface area contributed by atoms with E-state index in [0.29, 0.717) is 5.58 Å². The van der Waals surface area contributed by atoms with Crippen molar-refractivity contribution in [2.45, 2.75) is 5.75 Å². The molecule has 6 heteroatoms. The number of aliphatic imine (C=N–C) groups is 1.